The van der Waals surface area contributed by atoms with Gasteiger partial charge in [-0.05, 0) is 61.4 Å². The number of hydrogen-bond acceptors (Lipinski definition) is 4. The average Bonchev–Trinajstić information content (AvgIpc) is 3.22. The highest BCUT2D eigenvalue weighted by atomic mass is 35.5. The number of nitrogens with zero attached hydrogens (tertiary/aromatic N) is 1. The molecule has 0 saturated carbocycles. The van der Waals surface area contributed by atoms with Crippen molar-refractivity contribution in [3.8, 4) is 5.75 Å². The fourth-order valence-corrected chi connectivity index (χ4v) is 5.80. The topological polar surface area (TPSA) is 62.4 Å². The fourth-order valence-electron chi connectivity index (χ4n) is 4.29. The van der Waals surface area contributed by atoms with Gasteiger partial charge in [0.05, 0.1) is 18.2 Å². The number of fused-ring (bicyclic) bond motifs is 2. The molecule has 2 aromatic heterocycles. The first-order valence-corrected chi connectivity index (χ1v) is 13.1. The quantitative estimate of drug-likeness (QED) is 0.237. The van der Waals surface area contributed by atoms with Crippen LogP contribution in [0.4, 0.5) is 4.39 Å². The van der Waals surface area contributed by atoms with E-state index in [-0.39, 0.29) is 23.8 Å². The molecule has 0 aliphatic carbocycles. The summed E-state index contributed by atoms with van der Waals surface area (Å²) < 4.78 is 20.0. The van der Waals surface area contributed by atoms with Gasteiger partial charge in [0, 0.05) is 33.1 Å². The monoisotopic (exact) mass is 534 g/mol. The number of ether oxygens (including phenoxy) is 1. The largest absolute Gasteiger partial charge is 0.494 e. The number of nitrogens with one attached hydrogen (secondary N) is 1. The van der Waals surface area contributed by atoms with Crippen molar-refractivity contribution in [2.24, 2.45) is 0 Å². The van der Waals surface area contributed by atoms with Gasteiger partial charge in [-0.25, -0.2) is 4.39 Å². The first-order chi connectivity index (χ1) is 17.9. The maximum Gasteiger partial charge on any atom is 0.265 e. The molecule has 0 aliphatic heterocycles. The number of carbonyl (C=O) groups excluding carboxylic acids is 1. The Labute approximate surface area is 222 Å². The molecule has 2 heterocycles. The summed E-state index contributed by atoms with van der Waals surface area (Å²) in [5.41, 5.74) is 1.94. The Morgan fingerprint density at radius 1 is 1.08 bits per heavy atom. The van der Waals surface area contributed by atoms with Gasteiger partial charge in [0.15, 0.2) is 0 Å². The Balaban J connectivity index is 1.51. The number of H-pyrrole nitrogens is 1. The molecule has 0 radical (unpaired) electrons. The Kier molecular flexibility index (Phi) is 7.26. The summed E-state index contributed by atoms with van der Waals surface area (Å²) in [5, 5.41) is 1.74. The van der Waals surface area contributed by atoms with Crippen LogP contribution in [0.3, 0.4) is 0 Å². The lowest BCUT2D eigenvalue weighted by Gasteiger charge is -2.22. The van der Waals surface area contributed by atoms with Crippen LogP contribution in [0.1, 0.15) is 27.7 Å². The van der Waals surface area contributed by atoms with Crippen LogP contribution in [-0.2, 0) is 13.0 Å². The van der Waals surface area contributed by atoms with E-state index in [0.717, 1.165) is 22.3 Å². The highest BCUT2D eigenvalue weighted by molar-refractivity contribution is 7.21. The predicted octanol–water partition coefficient (Wildman–Crippen LogP) is 6.82. The van der Waals surface area contributed by atoms with Gasteiger partial charge in [0.2, 0.25) is 0 Å². The van der Waals surface area contributed by atoms with E-state index in [0.29, 0.717) is 56.4 Å². The highest BCUT2D eigenvalue weighted by Crippen LogP contribution is 2.36. The molecule has 1 amide bonds. The maximum absolute atomic E-state index is 13.8. The zero-order valence-corrected chi connectivity index (χ0v) is 21.7. The van der Waals surface area contributed by atoms with Crippen LogP contribution in [-0.4, -0.2) is 28.9 Å². The van der Waals surface area contributed by atoms with E-state index < -0.39 is 0 Å². The van der Waals surface area contributed by atoms with Crippen molar-refractivity contribution >= 4 is 49.8 Å². The summed E-state index contributed by atoms with van der Waals surface area (Å²) in [6.45, 7) is 2.91. The molecule has 0 bridgehead atoms. The molecule has 0 unspecified atom stereocenters. The van der Waals surface area contributed by atoms with Crippen molar-refractivity contribution in [2.75, 3.05) is 13.2 Å². The second-order valence-corrected chi connectivity index (χ2v) is 10.1. The molecule has 37 heavy (non-hydrogen) atoms. The van der Waals surface area contributed by atoms with Crippen molar-refractivity contribution < 1.29 is 13.9 Å². The SMILES string of the molecule is CCOc1ccc2[nH]c(=O)c(CN(CCc3ccccc3)C(=O)c3sc4cc(F)ccc4c3Cl)cc2c1. The summed E-state index contributed by atoms with van der Waals surface area (Å²) in [6.07, 6.45) is 0.601. The first-order valence-electron chi connectivity index (χ1n) is 11.9. The minimum atomic E-state index is -0.389. The van der Waals surface area contributed by atoms with Crippen molar-refractivity contribution in [1.82, 2.24) is 9.88 Å². The molecule has 0 atom stereocenters. The number of rotatable bonds is 8. The second kappa shape index (κ2) is 10.7. The van der Waals surface area contributed by atoms with E-state index in [4.69, 9.17) is 16.3 Å². The van der Waals surface area contributed by atoms with Crippen LogP contribution < -0.4 is 10.3 Å². The van der Waals surface area contributed by atoms with E-state index in [2.05, 4.69) is 4.98 Å². The standard InChI is InChI=1S/C29H24ClFN2O3S/c1-2-36-22-9-11-24-19(15-22)14-20(28(34)32-24)17-33(13-12-18-6-4-3-5-7-18)29(35)27-26(30)23-10-8-21(31)16-25(23)37-27/h3-11,14-16H,2,12-13,17H2,1H3,(H,32,34). The van der Waals surface area contributed by atoms with Crippen LogP contribution in [0, 0.1) is 5.82 Å². The molecule has 0 fully saturated rings. The lowest BCUT2D eigenvalue weighted by atomic mass is 10.1. The normalized spacial score (nSPS) is 11.2. The van der Waals surface area contributed by atoms with E-state index >= 15 is 0 Å². The van der Waals surface area contributed by atoms with Gasteiger partial charge >= 0.3 is 0 Å². The molecule has 0 saturated heterocycles. The number of benzene rings is 3. The number of thiophene rings is 1. The molecule has 0 aliphatic rings. The number of amides is 1. The molecule has 5 aromatic rings. The number of carbonyl (C=O) groups is 1. The van der Waals surface area contributed by atoms with Gasteiger partial charge < -0.3 is 14.6 Å². The minimum Gasteiger partial charge on any atom is -0.494 e. The Bertz CT molecular complexity index is 1650. The third kappa shape index (κ3) is 5.38. The maximum atomic E-state index is 13.8. The number of aromatic amines is 1. The van der Waals surface area contributed by atoms with Gasteiger partial charge in [-0.3, -0.25) is 9.59 Å². The van der Waals surface area contributed by atoms with Crippen molar-refractivity contribution in [3.63, 3.8) is 0 Å². The molecule has 5 rings (SSSR count). The summed E-state index contributed by atoms with van der Waals surface area (Å²) in [5.74, 6) is 0.0128. The smallest absolute Gasteiger partial charge is 0.265 e. The molecule has 1 N–H and O–H groups in total. The molecule has 3 aromatic carbocycles. The van der Waals surface area contributed by atoms with Crippen LogP contribution >= 0.6 is 22.9 Å². The number of aromatic nitrogens is 1. The molecular formula is C29H24ClFN2O3S. The van der Waals surface area contributed by atoms with Crippen LogP contribution in [0.2, 0.25) is 5.02 Å². The number of hydrogen-bond donors (Lipinski definition) is 1. The number of halogens is 2. The lowest BCUT2D eigenvalue weighted by Crippen LogP contribution is -2.34. The van der Waals surface area contributed by atoms with Gasteiger partial charge in [0.1, 0.15) is 16.4 Å². The van der Waals surface area contributed by atoms with Crippen molar-refractivity contribution in [2.45, 2.75) is 19.9 Å². The van der Waals surface area contributed by atoms with Gasteiger partial charge in [0.25, 0.3) is 11.5 Å². The zero-order valence-electron chi connectivity index (χ0n) is 20.1. The molecular weight excluding hydrogens is 511 g/mol. The summed E-state index contributed by atoms with van der Waals surface area (Å²) >= 11 is 7.74. The predicted molar refractivity (Wildman–Crippen MR) is 147 cm³/mol. The molecule has 5 nitrogen and oxygen atoms in total. The number of pyridine rings is 1. The Morgan fingerprint density at radius 2 is 1.89 bits per heavy atom. The highest BCUT2D eigenvalue weighted by Gasteiger charge is 2.24. The molecule has 0 spiro atoms. The second-order valence-electron chi connectivity index (χ2n) is 8.65. The summed E-state index contributed by atoms with van der Waals surface area (Å²) in [7, 11) is 0. The molecule has 8 heteroatoms. The summed E-state index contributed by atoms with van der Waals surface area (Å²) in [6, 6.07) is 21.4. The van der Waals surface area contributed by atoms with E-state index in [1.165, 1.54) is 12.1 Å². The lowest BCUT2D eigenvalue weighted by molar-refractivity contribution is 0.0749. The minimum absolute atomic E-state index is 0.0920. The zero-order chi connectivity index (χ0) is 25.9. The van der Waals surface area contributed by atoms with Gasteiger partial charge in [-0.2, -0.15) is 0 Å². The third-order valence-corrected chi connectivity index (χ3v) is 7.80. The Hall–Kier alpha value is -3.68. The van der Waals surface area contributed by atoms with Crippen molar-refractivity contribution in [3.05, 3.63) is 110 Å². The fraction of sp³-hybridized carbons (Fsp3) is 0.172. The first kappa shape index (κ1) is 25.0. The van der Waals surface area contributed by atoms with Crippen LogP contribution in [0.25, 0.3) is 21.0 Å². The third-order valence-electron chi connectivity index (χ3n) is 6.15. The van der Waals surface area contributed by atoms with Crippen LogP contribution in [0.5, 0.6) is 5.75 Å². The average molecular weight is 535 g/mol. The summed E-state index contributed by atoms with van der Waals surface area (Å²) in [4.78, 5) is 31.6. The van der Waals surface area contributed by atoms with E-state index in [1.54, 1.807) is 23.1 Å². The van der Waals surface area contributed by atoms with Crippen LogP contribution in [0.15, 0.2) is 77.6 Å². The van der Waals surface area contributed by atoms with E-state index in [1.807, 2.05) is 49.4 Å². The van der Waals surface area contributed by atoms with E-state index in [9.17, 15) is 14.0 Å². The van der Waals surface area contributed by atoms with Crippen molar-refractivity contribution in [1.29, 1.82) is 0 Å². The van der Waals surface area contributed by atoms with Gasteiger partial charge in [-0.1, -0.05) is 41.9 Å². The Morgan fingerprint density at radius 3 is 2.68 bits per heavy atom. The molecule has 188 valence electrons. The van der Waals surface area contributed by atoms with Gasteiger partial charge in [-0.15, -0.1) is 11.3 Å².